The topological polar surface area (TPSA) is 25.8 Å². The highest BCUT2D eigenvalue weighted by atomic mass is 35.5. The van der Waals surface area contributed by atoms with Gasteiger partial charge in [-0.05, 0) is 25.3 Å². The summed E-state index contributed by atoms with van der Waals surface area (Å²) >= 11 is 11.6. The number of rotatable bonds is 1. The summed E-state index contributed by atoms with van der Waals surface area (Å²) in [5, 5.41) is 8.05. The number of halogens is 3. The second kappa shape index (κ2) is 2.39. The van der Waals surface area contributed by atoms with Crippen molar-refractivity contribution in [3.05, 3.63) is 21.9 Å². The van der Waals surface area contributed by atoms with Crippen molar-refractivity contribution in [2.75, 3.05) is 0 Å². The van der Waals surface area contributed by atoms with E-state index < -0.39 is 5.67 Å². The number of hydrogen-bond donors (Lipinski definition) is 0. The van der Waals surface area contributed by atoms with Crippen LogP contribution in [0.15, 0.2) is 6.07 Å². The summed E-state index contributed by atoms with van der Waals surface area (Å²) in [5.41, 5.74) is -0.163. The van der Waals surface area contributed by atoms with Crippen LogP contribution in [0.3, 0.4) is 0 Å². The Hall–Kier alpha value is -0.410. The van der Waals surface area contributed by atoms with Gasteiger partial charge in [-0.25, -0.2) is 4.39 Å². The van der Waals surface area contributed by atoms with Gasteiger partial charge in [-0.15, -0.1) is 10.2 Å². The molecule has 0 N–H and O–H groups in total. The minimum Gasteiger partial charge on any atom is -0.244 e. The van der Waals surface area contributed by atoms with Gasteiger partial charge < -0.3 is 0 Å². The van der Waals surface area contributed by atoms with Crippen LogP contribution in [0.4, 0.5) is 4.39 Å². The van der Waals surface area contributed by atoms with Crippen LogP contribution >= 0.6 is 23.2 Å². The van der Waals surface area contributed by atoms with E-state index in [9.17, 15) is 4.39 Å². The Morgan fingerprint density at radius 2 is 1.86 bits per heavy atom. The zero-order chi connectivity index (χ0) is 9.97. The largest absolute Gasteiger partial charge is 0.244 e. The summed E-state index contributed by atoms with van der Waals surface area (Å²) in [7, 11) is 0. The quantitative estimate of drug-likeness (QED) is 0.745. The third kappa shape index (κ3) is 0.971. The Labute approximate surface area is 90.4 Å². The zero-order valence-electron chi connectivity index (χ0n) is 7.23. The predicted molar refractivity (Wildman–Crippen MR) is 51.4 cm³/mol. The molecule has 14 heavy (non-hydrogen) atoms. The van der Waals surface area contributed by atoms with Gasteiger partial charge >= 0.3 is 0 Å². The third-order valence-electron chi connectivity index (χ3n) is 3.26. The smallest absolute Gasteiger partial charge is 0.155 e. The zero-order valence-corrected chi connectivity index (χ0v) is 8.74. The van der Waals surface area contributed by atoms with Gasteiger partial charge in [0.1, 0.15) is 5.67 Å². The molecule has 2 bridgehead atoms. The van der Waals surface area contributed by atoms with E-state index in [1.165, 1.54) is 0 Å². The van der Waals surface area contributed by atoms with E-state index in [4.69, 9.17) is 23.2 Å². The molecule has 5 heteroatoms. The van der Waals surface area contributed by atoms with Gasteiger partial charge in [-0.2, -0.15) is 0 Å². The minimum atomic E-state index is -0.931. The van der Waals surface area contributed by atoms with Crippen molar-refractivity contribution in [1.29, 1.82) is 0 Å². The lowest BCUT2D eigenvalue weighted by Crippen LogP contribution is -2.67. The summed E-state index contributed by atoms with van der Waals surface area (Å²) in [5.74, 6) is 0. The molecule has 0 aliphatic heterocycles. The maximum Gasteiger partial charge on any atom is 0.155 e. The lowest BCUT2D eigenvalue weighted by atomic mass is 9.40. The molecule has 3 aliphatic carbocycles. The molecule has 2 nitrogen and oxygen atoms in total. The molecule has 0 unspecified atom stereocenters. The second-order valence-electron chi connectivity index (χ2n) is 4.33. The van der Waals surface area contributed by atoms with Gasteiger partial charge in [0, 0.05) is 11.0 Å². The summed E-state index contributed by atoms with van der Waals surface area (Å²) < 4.78 is 13.3. The monoisotopic (exact) mass is 232 g/mol. The average Bonchev–Trinajstić information content (AvgIpc) is 2.02. The Morgan fingerprint density at radius 3 is 2.43 bits per heavy atom. The first-order valence-corrected chi connectivity index (χ1v) is 5.17. The van der Waals surface area contributed by atoms with Crippen LogP contribution in [-0.4, -0.2) is 15.9 Å². The fraction of sp³-hybridized carbons (Fsp3) is 0.556. The van der Waals surface area contributed by atoms with E-state index in [-0.39, 0.29) is 5.41 Å². The number of hydrogen-bond acceptors (Lipinski definition) is 2. The van der Waals surface area contributed by atoms with Crippen LogP contribution in [0.2, 0.25) is 10.3 Å². The summed E-state index contributed by atoms with van der Waals surface area (Å²) in [6.07, 6.45) is 1.67. The Kier molecular flexibility index (Phi) is 1.51. The fourth-order valence-corrected chi connectivity index (χ4v) is 3.11. The van der Waals surface area contributed by atoms with Crippen LogP contribution < -0.4 is 0 Å². The molecule has 3 aliphatic rings. The molecule has 4 rings (SSSR count). The SMILES string of the molecule is FC12CC(c3cc(Cl)nnc3Cl)(C1)C2. The normalized spacial score (nSPS) is 38.8. The van der Waals surface area contributed by atoms with Crippen LogP contribution in [0.25, 0.3) is 0 Å². The molecule has 3 fully saturated rings. The van der Waals surface area contributed by atoms with Crippen molar-refractivity contribution in [2.45, 2.75) is 30.3 Å². The van der Waals surface area contributed by atoms with E-state index >= 15 is 0 Å². The van der Waals surface area contributed by atoms with Crippen molar-refractivity contribution in [3.63, 3.8) is 0 Å². The lowest BCUT2D eigenvalue weighted by molar-refractivity contribution is -0.158. The highest BCUT2D eigenvalue weighted by molar-refractivity contribution is 6.31. The second-order valence-corrected chi connectivity index (χ2v) is 5.08. The Morgan fingerprint density at radius 1 is 1.21 bits per heavy atom. The first-order valence-electron chi connectivity index (χ1n) is 4.41. The van der Waals surface area contributed by atoms with Gasteiger partial charge in [0.25, 0.3) is 0 Å². The molecule has 0 atom stereocenters. The molecule has 0 aromatic carbocycles. The van der Waals surface area contributed by atoms with E-state index in [1.54, 1.807) is 6.07 Å². The van der Waals surface area contributed by atoms with Crippen molar-refractivity contribution >= 4 is 23.2 Å². The van der Waals surface area contributed by atoms with Crippen molar-refractivity contribution < 1.29 is 4.39 Å². The van der Waals surface area contributed by atoms with Gasteiger partial charge in [-0.3, -0.25) is 0 Å². The van der Waals surface area contributed by atoms with Gasteiger partial charge in [0.05, 0.1) is 0 Å². The van der Waals surface area contributed by atoms with Crippen molar-refractivity contribution in [1.82, 2.24) is 10.2 Å². The molecule has 74 valence electrons. The number of aromatic nitrogens is 2. The standard InChI is InChI=1S/C9H7Cl2FN2/c10-6-1-5(7(11)14-13-6)8-2-9(12,3-8)4-8/h1H,2-4H2. The van der Waals surface area contributed by atoms with Crippen molar-refractivity contribution in [3.8, 4) is 0 Å². The van der Waals surface area contributed by atoms with Crippen LogP contribution in [0, 0.1) is 0 Å². The maximum absolute atomic E-state index is 13.3. The lowest BCUT2D eigenvalue weighted by Gasteiger charge is -2.66. The van der Waals surface area contributed by atoms with Crippen LogP contribution in [-0.2, 0) is 5.41 Å². The Balaban J connectivity index is 2.01. The fourth-order valence-electron chi connectivity index (χ4n) is 2.67. The molecule has 0 spiro atoms. The van der Waals surface area contributed by atoms with Gasteiger partial charge in [0.2, 0.25) is 0 Å². The van der Waals surface area contributed by atoms with E-state index in [2.05, 4.69) is 10.2 Å². The number of alkyl halides is 1. The van der Waals surface area contributed by atoms with E-state index in [0.29, 0.717) is 29.6 Å². The molecule has 1 aromatic heterocycles. The highest BCUT2D eigenvalue weighted by Crippen LogP contribution is 2.70. The average molecular weight is 233 g/mol. The molecule has 3 saturated carbocycles. The minimum absolute atomic E-state index is 0.0919. The maximum atomic E-state index is 13.3. The van der Waals surface area contributed by atoms with Crippen LogP contribution in [0.1, 0.15) is 24.8 Å². The first-order chi connectivity index (χ1) is 6.53. The van der Waals surface area contributed by atoms with E-state index in [1.807, 2.05) is 0 Å². The molecule has 1 heterocycles. The molecule has 0 radical (unpaired) electrons. The molecular formula is C9H7Cl2FN2. The van der Waals surface area contributed by atoms with Gasteiger partial charge in [0.15, 0.2) is 10.3 Å². The molecular weight excluding hydrogens is 226 g/mol. The molecule has 0 amide bonds. The summed E-state index contributed by atoms with van der Waals surface area (Å²) in [6.45, 7) is 0. The first kappa shape index (κ1) is 8.86. The Bertz CT molecular complexity index is 401. The highest BCUT2D eigenvalue weighted by Gasteiger charge is 2.70. The number of nitrogens with zero attached hydrogens (tertiary/aromatic N) is 2. The van der Waals surface area contributed by atoms with E-state index in [0.717, 1.165) is 5.56 Å². The molecule has 0 saturated heterocycles. The third-order valence-corrected chi connectivity index (χ3v) is 3.72. The predicted octanol–water partition coefficient (Wildman–Crippen LogP) is 2.93. The molecule has 1 aromatic rings. The van der Waals surface area contributed by atoms with Gasteiger partial charge in [-0.1, -0.05) is 23.2 Å². The van der Waals surface area contributed by atoms with Crippen LogP contribution in [0.5, 0.6) is 0 Å². The summed E-state index contributed by atoms with van der Waals surface area (Å²) in [4.78, 5) is 0. The van der Waals surface area contributed by atoms with Crippen molar-refractivity contribution in [2.24, 2.45) is 0 Å². The summed E-state index contributed by atoms with van der Waals surface area (Å²) in [6, 6.07) is 1.70.